The first-order valence-electron chi connectivity index (χ1n) is 6.84. The molecule has 2 heterocycles. The van der Waals surface area contributed by atoms with E-state index >= 15 is 0 Å². The molecule has 0 bridgehead atoms. The van der Waals surface area contributed by atoms with Gasteiger partial charge in [0.05, 0.1) is 24.3 Å². The van der Waals surface area contributed by atoms with E-state index in [1.165, 1.54) is 11.2 Å². The van der Waals surface area contributed by atoms with Gasteiger partial charge in [0.25, 0.3) is 0 Å². The zero-order chi connectivity index (χ0) is 15.4. The number of hydrogen-bond donors (Lipinski definition) is 3. The van der Waals surface area contributed by atoms with Crippen LogP contribution in [0.5, 0.6) is 0 Å². The fourth-order valence-electron chi connectivity index (χ4n) is 2.27. The number of aromatic amines is 1. The van der Waals surface area contributed by atoms with E-state index in [9.17, 15) is 14.7 Å². The Bertz CT molecular complexity index is 519. The van der Waals surface area contributed by atoms with Gasteiger partial charge in [-0.25, -0.2) is 14.6 Å². The third-order valence-corrected chi connectivity index (χ3v) is 4.71. The van der Waals surface area contributed by atoms with Gasteiger partial charge in [0.1, 0.15) is 6.04 Å². The lowest BCUT2D eigenvalue weighted by Gasteiger charge is -2.32. The van der Waals surface area contributed by atoms with Crippen LogP contribution in [0.15, 0.2) is 6.33 Å². The number of amides is 2. The van der Waals surface area contributed by atoms with E-state index in [1.807, 2.05) is 6.26 Å². The van der Waals surface area contributed by atoms with Gasteiger partial charge >= 0.3 is 12.0 Å². The molecule has 0 saturated carbocycles. The van der Waals surface area contributed by atoms with Gasteiger partial charge in [-0.05, 0) is 12.7 Å². The molecule has 2 atom stereocenters. The number of hydrogen-bond acceptors (Lipinski definition) is 4. The molecule has 1 aliphatic heterocycles. The first kappa shape index (κ1) is 15.7. The lowest BCUT2D eigenvalue weighted by molar-refractivity contribution is -0.142. The molecule has 116 valence electrons. The molecular formula is C13H20N4O3S. The molecular weight excluding hydrogens is 292 g/mol. The van der Waals surface area contributed by atoms with Gasteiger partial charge in [0.2, 0.25) is 0 Å². The zero-order valence-electron chi connectivity index (χ0n) is 12.1. The summed E-state index contributed by atoms with van der Waals surface area (Å²) in [6.45, 7) is 2.88. The van der Waals surface area contributed by atoms with Gasteiger partial charge in [-0.1, -0.05) is 6.92 Å². The van der Waals surface area contributed by atoms with Gasteiger partial charge in [0.15, 0.2) is 0 Å². The molecule has 3 N–H and O–H groups in total. The fourth-order valence-corrected chi connectivity index (χ4v) is 2.63. The van der Waals surface area contributed by atoms with Crippen molar-refractivity contribution in [3.05, 3.63) is 17.7 Å². The SMILES string of the molecule is CSC(C)CCNC(=O)N1Cc2[nH]cnc2CC1C(=O)O. The van der Waals surface area contributed by atoms with Crippen molar-refractivity contribution in [2.24, 2.45) is 0 Å². The highest BCUT2D eigenvalue weighted by atomic mass is 32.2. The monoisotopic (exact) mass is 312 g/mol. The summed E-state index contributed by atoms with van der Waals surface area (Å²) in [5, 5.41) is 12.6. The molecule has 0 aromatic carbocycles. The quantitative estimate of drug-likeness (QED) is 0.755. The number of aromatic nitrogens is 2. The van der Waals surface area contributed by atoms with Crippen LogP contribution in [0.2, 0.25) is 0 Å². The van der Waals surface area contributed by atoms with Crippen LogP contribution in [0.1, 0.15) is 24.7 Å². The number of H-pyrrole nitrogens is 1. The molecule has 2 amide bonds. The van der Waals surface area contributed by atoms with E-state index < -0.39 is 12.0 Å². The van der Waals surface area contributed by atoms with Gasteiger partial charge in [-0.15, -0.1) is 0 Å². The number of thioether (sulfide) groups is 1. The van der Waals surface area contributed by atoms with Crippen LogP contribution in [0.4, 0.5) is 4.79 Å². The smallest absolute Gasteiger partial charge is 0.326 e. The maximum absolute atomic E-state index is 12.2. The van der Waals surface area contributed by atoms with Crippen LogP contribution in [-0.2, 0) is 17.8 Å². The largest absolute Gasteiger partial charge is 0.480 e. The standard InChI is InChI=1S/C13H20N4O3S/c1-8(21-2)3-4-14-13(20)17-6-10-9(15-7-16-10)5-11(17)12(18)19/h7-8,11H,3-6H2,1-2H3,(H,14,20)(H,15,16)(H,18,19). The van der Waals surface area contributed by atoms with Crippen molar-refractivity contribution in [3.8, 4) is 0 Å². The van der Waals surface area contributed by atoms with Crippen molar-refractivity contribution in [1.29, 1.82) is 0 Å². The van der Waals surface area contributed by atoms with E-state index in [1.54, 1.807) is 11.8 Å². The van der Waals surface area contributed by atoms with E-state index in [4.69, 9.17) is 0 Å². The number of carbonyl (C=O) groups excluding carboxylic acids is 1. The summed E-state index contributed by atoms with van der Waals surface area (Å²) in [5.41, 5.74) is 1.53. The molecule has 0 saturated heterocycles. The summed E-state index contributed by atoms with van der Waals surface area (Å²) in [4.78, 5) is 32.0. The molecule has 1 aliphatic rings. The Kier molecular flexibility index (Phi) is 5.11. The molecule has 0 spiro atoms. The number of nitrogens with zero attached hydrogens (tertiary/aromatic N) is 2. The van der Waals surface area contributed by atoms with Gasteiger partial charge < -0.3 is 20.3 Å². The molecule has 0 fully saturated rings. The Hall–Kier alpha value is -1.70. The second-order valence-corrected chi connectivity index (χ2v) is 6.36. The fraction of sp³-hybridized carbons (Fsp3) is 0.615. The van der Waals surface area contributed by atoms with E-state index in [0.29, 0.717) is 11.8 Å². The predicted octanol–water partition coefficient (Wildman–Crippen LogP) is 1.07. The number of carboxylic acid groups (broad SMARTS) is 1. The Morgan fingerprint density at radius 2 is 2.43 bits per heavy atom. The number of urea groups is 1. The summed E-state index contributed by atoms with van der Waals surface area (Å²) in [6, 6.07) is -1.20. The Balaban J connectivity index is 1.99. The number of fused-ring (bicyclic) bond motifs is 1. The molecule has 8 heteroatoms. The minimum absolute atomic E-state index is 0.239. The maximum Gasteiger partial charge on any atom is 0.326 e. The number of nitrogens with one attached hydrogen (secondary N) is 2. The Labute approximate surface area is 127 Å². The minimum atomic E-state index is -1.00. The van der Waals surface area contributed by atoms with Crippen LogP contribution < -0.4 is 5.32 Å². The van der Waals surface area contributed by atoms with Gasteiger partial charge in [-0.2, -0.15) is 11.8 Å². The topological polar surface area (TPSA) is 98.3 Å². The average Bonchev–Trinajstić information content (AvgIpc) is 2.92. The first-order chi connectivity index (χ1) is 10.0. The summed E-state index contributed by atoms with van der Waals surface area (Å²) in [6.07, 6.45) is 4.65. The second-order valence-electron chi connectivity index (χ2n) is 5.08. The lowest BCUT2D eigenvalue weighted by Crippen LogP contribution is -2.52. The lowest BCUT2D eigenvalue weighted by atomic mass is 10.0. The van der Waals surface area contributed by atoms with Gasteiger partial charge in [-0.3, -0.25) is 0 Å². The third kappa shape index (κ3) is 3.69. The second kappa shape index (κ2) is 6.84. The van der Waals surface area contributed by atoms with Crippen molar-refractivity contribution in [3.63, 3.8) is 0 Å². The van der Waals surface area contributed by atoms with Crippen LogP contribution in [0, 0.1) is 0 Å². The highest BCUT2D eigenvalue weighted by Crippen LogP contribution is 2.20. The summed E-state index contributed by atoms with van der Waals surface area (Å²) < 4.78 is 0. The van der Waals surface area contributed by atoms with E-state index in [0.717, 1.165) is 17.8 Å². The molecule has 1 aromatic rings. The summed E-state index contributed by atoms with van der Waals surface area (Å²) >= 11 is 1.74. The van der Waals surface area contributed by atoms with Crippen LogP contribution in [-0.4, -0.2) is 56.1 Å². The number of aliphatic carboxylic acids is 1. The van der Waals surface area contributed by atoms with Crippen molar-refractivity contribution in [2.45, 2.75) is 37.6 Å². The molecule has 2 rings (SSSR count). The number of carbonyl (C=O) groups is 2. The predicted molar refractivity (Wildman–Crippen MR) is 80.3 cm³/mol. The van der Waals surface area contributed by atoms with E-state index in [-0.39, 0.29) is 19.0 Å². The molecule has 7 nitrogen and oxygen atoms in total. The Morgan fingerprint density at radius 3 is 3.10 bits per heavy atom. The minimum Gasteiger partial charge on any atom is -0.480 e. The normalized spacial score (nSPS) is 19.0. The van der Waals surface area contributed by atoms with Crippen molar-refractivity contribution in [1.82, 2.24) is 20.2 Å². The van der Waals surface area contributed by atoms with E-state index in [2.05, 4.69) is 22.2 Å². The average molecular weight is 312 g/mol. The Morgan fingerprint density at radius 1 is 1.67 bits per heavy atom. The highest BCUT2D eigenvalue weighted by Gasteiger charge is 2.35. The number of imidazole rings is 1. The molecule has 0 aliphatic carbocycles. The van der Waals surface area contributed by atoms with Crippen molar-refractivity contribution in [2.75, 3.05) is 12.8 Å². The molecule has 1 aromatic heterocycles. The highest BCUT2D eigenvalue weighted by molar-refractivity contribution is 7.99. The zero-order valence-corrected chi connectivity index (χ0v) is 12.9. The maximum atomic E-state index is 12.2. The summed E-state index contributed by atoms with van der Waals surface area (Å²) in [7, 11) is 0. The number of carboxylic acids is 1. The third-order valence-electron chi connectivity index (χ3n) is 3.67. The van der Waals surface area contributed by atoms with Crippen molar-refractivity contribution >= 4 is 23.8 Å². The number of rotatable bonds is 5. The molecule has 2 unspecified atom stereocenters. The molecule has 21 heavy (non-hydrogen) atoms. The van der Waals surface area contributed by atoms with Crippen molar-refractivity contribution < 1.29 is 14.7 Å². The first-order valence-corrected chi connectivity index (χ1v) is 8.13. The molecule has 0 radical (unpaired) electrons. The van der Waals surface area contributed by atoms with Crippen LogP contribution in [0.25, 0.3) is 0 Å². The van der Waals surface area contributed by atoms with Gasteiger partial charge in [0, 0.05) is 18.2 Å². The van der Waals surface area contributed by atoms with Crippen LogP contribution in [0.3, 0.4) is 0 Å². The van der Waals surface area contributed by atoms with Crippen LogP contribution >= 0.6 is 11.8 Å². The summed E-state index contributed by atoms with van der Waals surface area (Å²) in [5.74, 6) is -1.00.